The first-order valence-corrected chi connectivity index (χ1v) is 12.4. The predicted octanol–water partition coefficient (Wildman–Crippen LogP) is 5.90. The first kappa shape index (κ1) is 24.9. The average molecular weight is 383 g/mol. The standard InChI is InChI=1S/C24H50N2O/c1-2-3-4-5-10-14-19-25-23-24(27)18-13-9-7-6-8-11-15-20-26-21-16-12-17-22-26/h24-25,27H,2-23H2,1H3. The molecule has 1 heterocycles. The second-order valence-electron chi connectivity index (χ2n) is 8.79. The number of nitrogens with zero attached hydrogens (tertiary/aromatic N) is 1. The lowest BCUT2D eigenvalue weighted by Crippen LogP contribution is -2.30. The van der Waals surface area contributed by atoms with Crippen LogP contribution in [0.25, 0.3) is 0 Å². The molecule has 3 heteroatoms. The van der Waals surface area contributed by atoms with E-state index in [1.54, 1.807) is 0 Å². The van der Waals surface area contributed by atoms with Crippen molar-refractivity contribution in [2.24, 2.45) is 0 Å². The van der Waals surface area contributed by atoms with Gasteiger partial charge in [-0.3, -0.25) is 0 Å². The van der Waals surface area contributed by atoms with Gasteiger partial charge in [0.15, 0.2) is 0 Å². The molecule has 1 aliphatic rings. The maximum atomic E-state index is 10.1. The van der Waals surface area contributed by atoms with Gasteiger partial charge in [0.25, 0.3) is 0 Å². The largest absolute Gasteiger partial charge is 0.392 e. The van der Waals surface area contributed by atoms with Gasteiger partial charge in [0.05, 0.1) is 6.10 Å². The fraction of sp³-hybridized carbons (Fsp3) is 1.00. The topological polar surface area (TPSA) is 35.5 Å². The number of unbranched alkanes of at least 4 members (excludes halogenated alkanes) is 11. The van der Waals surface area contributed by atoms with Crippen molar-refractivity contribution < 1.29 is 5.11 Å². The van der Waals surface area contributed by atoms with E-state index in [1.807, 2.05) is 0 Å². The van der Waals surface area contributed by atoms with Gasteiger partial charge >= 0.3 is 0 Å². The van der Waals surface area contributed by atoms with Gasteiger partial charge in [-0.25, -0.2) is 0 Å². The quantitative estimate of drug-likeness (QED) is 0.273. The van der Waals surface area contributed by atoms with E-state index in [2.05, 4.69) is 17.1 Å². The maximum Gasteiger partial charge on any atom is 0.0664 e. The Kier molecular flexibility index (Phi) is 17.7. The van der Waals surface area contributed by atoms with Crippen LogP contribution in [0.4, 0.5) is 0 Å². The summed E-state index contributed by atoms with van der Waals surface area (Å²) in [5.41, 5.74) is 0. The fourth-order valence-electron chi connectivity index (χ4n) is 4.18. The van der Waals surface area contributed by atoms with Crippen molar-refractivity contribution in [3.05, 3.63) is 0 Å². The van der Waals surface area contributed by atoms with Crippen molar-refractivity contribution >= 4 is 0 Å². The van der Waals surface area contributed by atoms with Crippen LogP contribution in [0.2, 0.25) is 0 Å². The summed E-state index contributed by atoms with van der Waals surface area (Å²) in [4.78, 5) is 2.66. The smallest absolute Gasteiger partial charge is 0.0664 e. The molecule has 1 atom stereocenters. The molecule has 27 heavy (non-hydrogen) atoms. The number of likely N-dealkylation sites (tertiary alicyclic amines) is 1. The van der Waals surface area contributed by atoms with E-state index in [-0.39, 0.29) is 6.10 Å². The highest BCUT2D eigenvalue weighted by Gasteiger charge is 2.08. The number of hydrogen-bond acceptors (Lipinski definition) is 3. The normalized spacial score (nSPS) is 16.7. The summed E-state index contributed by atoms with van der Waals surface area (Å²) >= 11 is 0. The SMILES string of the molecule is CCCCCCCCNCC(O)CCCCCCCCCN1CCCCC1. The molecule has 1 rings (SSSR count). The van der Waals surface area contributed by atoms with E-state index in [1.165, 1.54) is 122 Å². The molecule has 0 amide bonds. The van der Waals surface area contributed by atoms with Crippen molar-refractivity contribution in [1.29, 1.82) is 0 Å². The summed E-state index contributed by atoms with van der Waals surface area (Å²) < 4.78 is 0. The zero-order chi connectivity index (χ0) is 19.4. The van der Waals surface area contributed by atoms with E-state index < -0.39 is 0 Å². The van der Waals surface area contributed by atoms with E-state index in [0.29, 0.717) is 0 Å². The van der Waals surface area contributed by atoms with Crippen LogP contribution in [0.15, 0.2) is 0 Å². The summed E-state index contributed by atoms with van der Waals surface area (Å²) in [6.45, 7) is 8.14. The van der Waals surface area contributed by atoms with E-state index >= 15 is 0 Å². The maximum absolute atomic E-state index is 10.1. The lowest BCUT2D eigenvalue weighted by atomic mass is 10.1. The molecule has 0 bridgehead atoms. The van der Waals surface area contributed by atoms with Crippen LogP contribution in [0.5, 0.6) is 0 Å². The van der Waals surface area contributed by atoms with Gasteiger partial charge in [-0.2, -0.15) is 0 Å². The van der Waals surface area contributed by atoms with Gasteiger partial charge in [-0.05, 0) is 58.3 Å². The molecule has 1 fully saturated rings. The minimum atomic E-state index is -0.144. The van der Waals surface area contributed by atoms with Crippen LogP contribution >= 0.6 is 0 Å². The van der Waals surface area contributed by atoms with Crippen LogP contribution in [0.1, 0.15) is 116 Å². The third kappa shape index (κ3) is 16.5. The molecular formula is C24H50N2O. The highest BCUT2D eigenvalue weighted by atomic mass is 16.3. The molecular weight excluding hydrogens is 332 g/mol. The lowest BCUT2D eigenvalue weighted by molar-refractivity contribution is 0.158. The lowest BCUT2D eigenvalue weighted by Gasteiger charge is -2.26. The number of nitrogens with one attached hydrogen (secondary N) is 1. The molecule has 0 aromatic rings. The molecule has 2 N–H and O–H groups in total. The Labute approximate surface area is 170 Å². The number of hydrogen-bond donors (Lipinski definition) is 2. The predicted molar refractivity (Wildman–Crippen MR) is 119 cm³/mol. The van der Waals surface area contributed by atoms with Crippen LogP contribution in [-0.4, -0.2) is 48.8 Å². The summed E-state index contributed by atoms with van der Waals surface area (Å²) in [6.07, 6.45) is 22.6. The first-order chi connectivity index (χ1) is 13.3. The Morgan fingerprint density at radius 1 is 0.741 bits per heavy atom. The van der Waals surface area contributed by atoms with Gasteiger partial charge in [0, 0.05) is 6.54 Å². The summed E-state index contributed by atoms with van der Waals surface area (Å²) in [5, 5.41) is 13.5. The molecule has 0 aromatic carbocycles. The van der Waals surface area contributed by atoms with E-state index in [9.17, 15) is 5.11 Å². The van der Waals surface area contributed by atoms with Gasteiger partial charge < -0.3 is 15.3 Å². The van der Waals surface area contributed by atoms with Crippen molar-refractivity contribution in [3.63, 3.8) is 0 Å². The first-order valence-electron chi connectivity index (χ1n) is 12.4. The molecule has 0 spiro atoms. The van der Waals surface area contributed by atoms with Crippen LogP contribution in [0, 0.1) is 0 Å². The molecule has 3 nitrogen and oxygen atoms in total. The third-order valence-corrected chi connectivity index (χ3v) is 6.05. The molecule has 162 valence electrons. The minimum Gasteiger partial charge on any atom is -0.392 e. The Bertz CT molecular complexity index is 292. The Balaban J connectivity index is 1.73. The Morgan fingerprint density at radius 3 is 2.04 bits per heavy atom. The zero-order valence-corrected chi connectivity index (χ0v) is 18.5. The Hall–Kier alpha value is -0.120. The second-order valence-corrected chi connectivity index (χ2v) is 8.79. The average Bonchev–Trinajstić information content (AvgIpc) is 2.69. The van der Waals surface area contributed by atoms with Crippen molar-refractivity contribution in [2.45, 2.75) is 122 Å². The Morgan fingerprint density at radius 2 is 1.33 bits per heavy atom. The highest BCUT2D eigenvalue weighted by molar-refractivity contribution is 4.64. The second kappa shape index (κ2) is 19.2. The van der Waals surface area contributed by atoms with Crippen molar-refractivity contribution in [1.82, 2.24) is 10.2 Å². The molecule has 0 aliphatic carbocycles. The third-order valence-electron chi connectivity index (χ3n) is 6.05. The fourth-order valence-corrected chi connectivity index (χ4v) is 4.18. The molecule has 1 unspecified atom stereocenters. The molecule has 0 aromatic heterocycles. The van der Waals surface area contributed by atoms with Gasteiger partial charge in [0.2, 0.25) is 0 Å². The molecule has 1 aliphatic heterocycles. The monoisotopic (exact) mass is 382 g/mol. The van der Waals surface area contributed by atoms with Crippen LogP contribution < -0.4 is 5.32 Å². The minimum absolute atomic E-state index is 0.144. The van der Waals surface area contributed by atoms with Crippen molar-refractivity contribution in [2.75, 3.05) is 32.7 Å². The van der Waals surface area contributed by atoms with Crippen LogP contribution in [-0.2, 0) is 0 Å². The van der Waals surface area contributed by atoms with E-state index in [4.69, 9.17) is 0 Å². The highest BCUT2D eigenvalue weighted by Crippen LogP contribution is 2.12. The summed E-state index contributed by atoms with van der Waals surface area (Å²) in [7, 11) is 0. The summed E-state index contributed by atoms with van der Waals surface area (Å²) in [6, 6.07) is 0. The number of piperidine rings is 1. The van der Waals surface area contributed by atoms with Crippen LogP contribution in [0.3, 0.4) is 0 Å². The molecule has 1 saturated heterocycles. The van der Waals surface area contributed by atoms with Gasteiger partial charge in [-0.1, -0.05) is 84.0 Å². The zero-order valence-electron chi connectivity index (χ0n) is 18.5. The van der Waals surface area contributed by atoms with Gasteiger partial charge in [0.1, 0.15) is 0 Å². The van der Waals surface area contributed by atoms with Crippen molar-refractivity contribution in [3.8, 4) is 0 Å². The number of aliphatic hydroxyl groups is 1. The molecule has 0 radical (unpaired) electrons. The number of rotatable bonds is 19. The molecule has 0 saturated carbocycles. The summed E-state index contributed by atoms with van der Waals surface area (Å²) in [5.74, 6) is 0. The van der Waals surface area contributed by atoms with Gasteiger partial charge in [-0.15, -0.1) is 0 Å². The number of aliphatic hydroxyl groups excluding tert-OH is 1. The van der Waals surface area contributed by atoms with E-state index in [0.717, 1.165) is 19.5 Å².